The molecule has 3 N–H and O–H groups in total. The zero-order chi connectivity index (χ0) is 22.6. The van der Waals surface area contributed by atoms with Crippen molar-refractivity contribution in [2.24, 2.45) is 0 Å². The zero-order valence-corrected chi connectivity index (χ0v) is 18.5. The number of nitrogens with one attached hydrogen (secondary N) is 3. The van der Waals surface area contributed by atoms with Crippen LogP contribution in [0.5, 0.6) is 0 Å². The number of carbonyl (C=O) groups is 1. The second kappa shape index (κ2) is 9.85. The summed E-state index contributed by atoms with van der Waals surface area (Å²) in [5, 5.41) is 6.10. The molecule has 2 fully saturated rings. The minimum atomic E-state index is -4.19. The Hall–Kier alpha value is -2.69. The summed E-state index contributed by atoms with van der Waals surface area (Å²) in [6.07, 6.45) is 1.87. The number of sulfonamides is 1. The molecule has 0 unspecified atom stereocenters. The number of nitrogens with zero attached hydrogens (tertiary/aromatic N) is 1. The van der Waals surface area contributed by atoms with Crippen molar-refractivity contribution in [2.75, 3.05) is 49.0 Å². The van der Waals surface area contributed by atoms with E-state index in [1.54, 1.807) is 12.1 Å². The van der Waals surface area contributed by atoms with Gasteiger partial charge in [0, 0.05) is 44.9 Å². The third-order valence-electron chi connectivity index (χ3n) is 5.60. The maximum Gasteiger partial charge on any atom is 0.264 e. The first-order valence-electron chi connectivity index (χ1n) is 10.7. The minimum absolute atomic E-state index is 0.00176. The molecule has 10 heteroatoms. The van der Waals surface area contributed by atoms with Gasteiger partial charge in [-0.15, -0.1) is 0 Å². The molecule has 8 nitrogen and oxygen atoms in total. The average molecular weight is 463 g/mol. The maximum absolute atomic E-state index is 14.2. The molecule has 172 valence electrons. The first-order chi connectivity index (χ1) is 15.4. The van der Waals surface area contributed by atoms with Crippen LogP contribution in [0.4, 0.5) is 15.8 Å². The van der Waals surface area contributed by atoms with Crippen molar-refractivity contribution in [1.82, 2.24) is 10.6 Å². The number of hydrogen-bond acceptors (Lipinski definition) is 6. The van der Waals surface area contributed by atoms with E-state index >= 15 is 0 Å². The van der Waals surface area contributed by atoms with Crippen LogP contribution >= 0.6 is 0 Å². The Morgan fingerprint density at radius 2 is 1.97 bits per heavy atom. The predicted octanol–water partition coefficient (Wildman–Crippen LogP) is 1.94. The van der Waals surface area contributed by atoms with Crippen LogP contribution < -0.4 is 20.3 Å². The van der Waals surface area contributed by atoms with Gasteiger partial charge in [-0.2, -0.15) is 0 Å². The van der Waals surface area contributed by atoms with Crippen molar-refractivity contribution < 1.29 is 22.3 Å². The second-order valence-electron chi connectivity index (χ2n) is 7.85. The number of ether oxygens (including phenoxy) is 1. The highest BCUT2D eigenvalue weighted by molar-refractivity contribution is 7.92. The fourth-order valence-corrected chi connectivity index (χ4v) is 5.06. The lowest BCUT2D eigenvalue weighted by Gasteiger charge is -2.31. The fraction of sp³-hybridized carbons (Fsp3) is 0.409. The summed E-state index contributed by atoms with van der Waals surface area (Å²) in [5.74, 6) is -1.16. The van der Waals surface area contributed by atoms with E-state index in [9.17, 15) is 17.6 Å². The average Bonchev–Trinajstić information content (AvgIpc) is 3.32. The topological polar surface area (TPSA) is 99.8 Å². The van der Waals surface area contributed by atoms with Crippen molar-refractivity contribution in [1.29, 1.82) is 0 Å². The van der Waals surface area contributed by atoms with Crippen LogP contribution in [0.2, 0.25) is 0 Å². The van der Waals surface area contributed by atoms with E-state index in [1.807, 2.05) is 4.90 Å². The van der Waals surface area contributed by atoms with E-state index in [0.717, 1.165) is 32.0 Å². The van der Waals surface area contributed by atoms with Gasteiger partial charge in [0.1, 0.15) is 10.7 Å². The van der Waals surface area contributed by atoms with Crippen molar-refractivity contribution in [3.8, 4) is 0 Å². The molecular weight excluding hydrogens is 435 g/mol. The molecule has 0 saturated carbocycles. The van der Waals surface area contributed by atoms with Gasteiger partial charge in [0.25, 0.3) is 15.9 Å². The Kier molecular flexibility index (Phi) is 6.92. The lowest BCUT2D eigenvalue weighted by Crippen LogP contribution is -2.43. The highest BCUT2D eigenvalue weighted by Gasteiger charge is 2.24. The molecule has 2 heterocycles. The molecular formula is C22H27FN4O4S. The van der Waals surface area contributed by atoms with Gasteiger partial charge in [-0.1, -0.05) is 12.1 Å². The molecule has 2 aromatic carbocycles. The van der Waals surface area contributed by atoms with Crippen LogP contribution in [0.15, 0.2) is 47.4 Å². The van der Waals surface area contributed by atoms with Gasteiger partial charge in [-0.3, -0.25) is 9.52 Å². The molecule has 0 bridgehead atoms. The van der Waals surface area contributed by atoms with Crippen molar-refractivity contribution in [3.05, 3.63) is 53.8 Å². The molecule has 2 saturated heterocycles. The Morgan fingerprint density at radius 3 is 2.69 bits per heavy atom. The molecule has 1 amide bonds. The zero-order valence-electron chi connectivity index (χ0n) is 17.6. The number of amides is 1. The highest BCUT2D eigenvalue weighted by atomic mass is 32.2. The molecule has 2 aliphatic rings. The summed E-state index contributed by atoms with van der Waals surface area (Å²) in [4.78, 5) is 14.3. The SMILES string of the molecule is O=C(NC[C@@H]1CCCO1)c1ccc(N2CCNCC2)c(NS(=O)(=O)c2ccccc2F)c1. The van der Waals surface area contributed by atoms with Gasteiger partial charge >= 0.3 is 0 Å². The van der Waals surface area contributed by atoms with E-state index in [1.165, 1.54) is 24.3 Å². The number of carbonyl (C=O) groups excluding carboxylic acids is 1. The maximum atomic E-state index is 14.2. The van der Waals surface area contributed by atoms with Crippen molar-refractivity contribution in [2.45, 2.75) is 23.8 Å². The third-order valence-corrected chi connectivity index (χ3v) is 7.00. The summed E-state index contributed by atoms with van der Waals surface area (Å²) in [6.45, 7) is 3.96. The van der Waals surface area contributed by atoms with Crippen LogP contribution in [0.1, 0.15) is 23.2 Å². The van der Waals surface area contributed by atoms with Crippen LogP contribution in [0.25, 0.3) is 0 Å². The molecule has 0 radical (unpaired) electrons. The quantitative estimate of drug-likeness (QED) is 0.582. The Morgan fingerprint density at radius 1 is 1.19 bits per heavy atom. The number of benzene rings is 2. The highest BCUT2D eigenvalue weighted by Crippen LogP contribution is 2.30. The lowest BCUT2D eigenvalue weighted by molar-refractivity contribution is 0.0858. The van der Waals surface area contributed by atoms with Gasteiger partial charge in [0.05, 0.1) is 17.5 Å². The molecule has 0 aliphatic carbocycles. The van der Waals surface area contributed by atoms with E-state index in [4.69, 9.17) is 4.74 Å². The second-order valence-corrected chi connectivity index (χ2v) is 9.50. The third kappa shape index (κ3) is 5.20. The Bertz CT molecular complexity index is 1070. The summed E-state index contributed by atoms with van der Waals surface area (Å²) in [7, 11) is -4.19. The number of rotatable bonds is 7. The normalized spacial score (nSPS) is 19.0. The van der Waals surface area contributed by atoms with Gasteiger partial charge in [0.15, 0.2) is 0 Å². The summed E-state index contributed by atoms with van der Waals surface area (Å²) >= 11 is 0. The standard InChI is InChI=1S/C22H27FN4O4S/c23-18-5-1-2-6-21(18)32(29,30)26-19-14-16(22(28)25-15-17-4-3-13-31-17)7-8-20(19)27-11-9-24-10-12-27/h1-2,5-8,14,17,24,26H,3-4,9-13,15H2,(H,25,28)/t17-/m0/s1. The molecule has 2 aromatic rings. The molecule has 0 aromatic heterocycles. The van der Waals surface area contributed by atoms with E-state index in [-0.39, 0.29) is 17.7 Å². The minimum Gasteiger partial charge on any atom is -0.376 e. The number of piperazine rings is 1. The predicted molar refractivity (Wildman–Crippen MR) is 120 cm³/mol. The largest absolute Gasteiger partial charge is 0.376 e. The van der Waals surface area contributed by atoms with E-state index < -0.39 is 20.7 Å². The fourth-order valence-electron chi connectivity index (χ4n) is 3.92. The molecule has 1 atom stereocenters. The Labute approximate surface area is 187 Å². The van der Waals surface area contributed by atoms with Gasteiger partial charge < -0.3 is 20.3 Å². The van der Waals surface area contributed by atoms with Gasteiger partial charge in [0.2, 0.25) is 0 Å². The molecule has 32 heavy (non-hydrogen) atoms. The summed E-state index contributed by atoms with van der Waals surface area (Å²) < 4.78 is 48.1. The van der Waals surface area contributed by atoms with Crippen LogP contribution in [-0.4, -0.2) is 59.8 Å². The van der Waals surface area contributed by atoms with Crippen LogP contribution in [-0.2, 0) is 14.8 Å². The summed E-state index contributed by atoms with van der Waals surface area (Å²) in [5.41, 5.74) is 1.19. The molecule has 4 rings (SSSR count). The smallest absolute Gasteiger partial charge is 0.264 e. The first kappa shape index (κ1) is 22.5. The Balaban J connectivity index is 1.61. The number of anilines is 2. The van der Waals surface area contributed by atoms with Crippen molar-refractivity contribution >= 4 is 27.3 Å². The van der Waals surface area contributed by atoms with Crippen molar-refractivity contribution in [3.63, 3.8) is 0 Å². The lowest BCUT2D eigenvalue weighted by atomic mass is 10.1. The number of halogens is 1. The monoisotopic (exact) mass is 462 g/mol. The van der Waals surface area contributed by atoms with Crippen LogP contribution in [0.3, 0.4) is 0 Å². The first-order valence-corrected chi connectivity index (χ1v) is 12.2. The summed E-state index contributed by atoms with van der Waals surface area (Å²) in [6, 6.07) is 10.1. The van der Waals surface area contributed by atoms with Gasteiger partial charge in [-0.05, 0) is 43.2 Å². The molecule has 2 aliphatic heterocycles. The number of hydrogen-bond donors (Lipinski definition) is 3. The van der Waals surface area contributed by atoms with E-state index in [0.29, 0.717) is 37.5 Å². The van der Waals surface area contributed by atoms with E-state index in [2.05, 4.69) is 15.4 Å². The van der Waals surface area contributed by atoms with Crippen LogP contribution in [0, 0.1) is 5.82 Å². The van der Waals surface area contributed by atoms with Gasteiger partial charge in [-0.25, -0.2) is 12.8 Å². The molecule has 0 spiro atoms.